The molecule has 2 N–H and O–H groups in total. The zero-order chi connectivity index (χ0) is 23.4. The van der Waals surface area contributed by atoms with Gasteiger partial charge in [-0.2, -0.15) is 0 Å². The number of carbonyl (C=O) groups is 2. The molecule has 0 unspecified atom stereocenters. The number of rotatable bonds is 9. The first-order valence-corrected chi connectivity index (χ1v) is 9.98. The number of benzene rings is 2. The van der Waals surface area contributed by atoms with E-state index in [1.54, 1.807) is 6.92 Å². The van der Waals surface area contributed by atoms with Gasteiger partial charge in [0, 0.05) is 24.2 Å². The van der Waals surface area contributed by atoms with Crippen LogP contribution in [-0.4, -0.2) is 40.8 Å². The summed E-state index contributed by atoms with van der Waals surface area (Å²) in [6.45, 7) is 1.39. The predicted octanol–water partition coefficient (Wildman–Crippen LogP) is 4.08. The summed E-state index contributed by atoms with van der Waals surface area (Å²) in [4.78, 5) is 37.2. The summed E-state index contributed by atoms with van der Waals surface area (Å²) in [7, 11) is 0. The lowest BCUT2D eigenvalue weighted by Crippen LogP contribution is -2.38. The molecule has 1 aliphatic carbocycles. The van der Waals surface area contributed by atoms with Crippen LogP contribution in [0.25, 0.3) is 0 Å². The average Bonchev–Trinajstić information content (AvgIpc) is 3.57. The van der Waals surface area contributed by atoms with E-state index in [1.165, 1.54) is 12.1 Å². The number of nitro benzene ring substituents is 1. The summed E-state index contributed by atoms with van der Waals surface area (Å²) >= 11 is 0. The molecule has 0 saturated heterocycles. The van der Waals surface area contributed by atoms with Gasteiger partial charge >= 0.3 is 0 Å². The van der Waals surface area contributed by atoms with E-state index < -0.39 is 46.4 Å². The normalized spacial score (nSPS) is 12.9. The second-order valence-electron chi connectivity index (χ2n) is 7.41. The number of nitrogens with one attached hydrogen (secondary N) is 2. The molecule has 1 saturated carbocycles. The zero-order valence-corrected chi connectivity index (χ0v) is 17.2. The minimum atomic E-state index is -1.73. The summed E-state index contributed by atoms with van der Waals surface area (Å²) in [6.07, 6.45) is 2.30. The molecule has 2 aromatic rings. The van der Waals surface area contributed by atoms with E-state index in [9.17, 15) is 32.9 Å². The van der Waals surface area contributed by atoms with E-state index in [1.807, 2.05) is 0 Å². The van der Waals surface area contributed by atoms with Gasteiger partial charge in [0.1, 0.15) is 12.2 Å². The van der Waals surface area contributed by atoms with Crippen molar-refractivity contribution in [2.75, 3.05) is 23.7 Å². The highest BCUT2D eigenvalue weighted by Crippen LogP contribution is 2.32. The number of hydrogen-bond donors (Lipinski definition) is 2. The van der Waals surface area contributed by atoms with Crippen molar-refractivity contribution >= 4 is 28.9 Å². The summed E-state index contributed by atoms with van der Waals surface area (Å²) in [5.74, 6) is -6.14. The molecular formula is C21H21F3N4O4. The summed E-state index contributed by atoms with van der Waals surface area (Å²) in [5.41, 5.74) is -0.502. The van der Waals surface area contributed by atoms with Crippen LogP contribution in [0, 0.1) is 27.6 Å². The molecule has 0 spiro atoms. The lowest BCUT2D eigenvalue weighted by molar-refractivity contribution is -0.384. The Morgan fingerprint density at radius 2 is 1.81 bits per heavy atom. The first-order valence-electron chi connectivity index (χ1n) is 9.98. The van der Waals surface area contributed by atoms with Crippen LogP contribution in [0.15, 0.2) is 30.3 Å². The third kappa shape index (κ3) is 5.34. The molecule has 1 aliphatic rings. The molecule has 3 rings (SSSR count). The Balaban J connectivity index is 1.76. The van der Waals surface area contributed by atoms with Crippen molar-refractivity contribution in [3.63, 3.8) is 0 Å². The summed E-state index contributed by atoms with van der Waals surface area (Å²) in [5, 5.41) is 16.6. The van der Waals surface area contributed by atoms with Crippen LogP contribution in [0.2, 0.25) is 0 Å². The highest BCUT2D eigenvalue weighted by Gasteiger charge is 2.27. The molecule has 0 radical (unpaired) electrons. The van der Waals surface area contributed by atoms with Gasteiger partial charge in [-0.3, -0.25) is 19.7 Å². The van der Waals surface area contributed by atoms with Gasteiger partial charge in [0.15, 0.2) is 17.5 Å². The second-order valence-corrected chi connectivity index (χ2v) is 7.41. The van der Waals surface area contributed by atoms with Crippen molar-refractivity contribution in [1.82, 2.24) is 4.90 Å². The van der Waals surface area contributed by atoms with Crippen LogP contribution in [0.1, 0.15) is 36.5 Å². The largest absolute Gasteiger partial charge is 0.377 e. The molecule has 11 heteroatoms. The van der Waals surface area contributed by atoms with Crippen LogP contribution < -0.4 is 10.6 Å². The molecule has 8 nitrogen and oxygen atoms in total. The number of nitrogens with zero attached hydrogens (tertiary/aromatic N) is 2. The number of carbonyl (C=O) groups excluding carboxylic acids is 2. The van der Waals surface area contributed by atoms with Gasteiger partial charge < -0.3 is 15.5 Å². The van der Waals surface area contributed by atoms with Crippen molar-refractivity contribution in [3.05, 3.63) is 63.5 Å². The Bertz CT molecular complexity index is 1060. The van der Waals surface area contributed by atoms with Crippen LogP contribution in [0.3, 0.4) is 0 Å². The van der Waals surface area contributed by atoms with Gasteiger partial charge in [-0.05, 0) is 43.5 Å². The molecule has 0 bridgehead atoms. The first-order chi connectivity index (χ1) is 15.2. The molecule has 0 heterocycles. The Morgan fingerprint density at radius 3 is 2.44 bits per heavy atom. The smallest absolute Gasteiger partial charge is 0.293 e. The van der Waals surface area contributed by atoms with Gasteiger partial charge in [0.05, 0.1) is 10.6 Å². The summed E-state index contributed by atoms with van der Waals surface area (Å²) in [6, 6.07) is 5.72. The van der Waals surface area contributed by atoms with E-state index in [-0.39, 0.29) is 23.8 Å². The number of halogens is 3. The lowest BCUT2D eigenvalue weighted by Gasteiger charge is -2.22. The van der Waals surface area contributed by atoms with Gasteiger partial charge in [-0.1, -0.05) is 6.92 Å². The molecule has 2 amide bonds. The number of anilines is 2. The number of hydrogen-bond acceptors (Lipinski definition) is 5. The molecule has 2 aromatic carbocycles. The highest BCUT2D eigenvalue weighted by atomic mass is 19.2. The minimum Gasteiger partial charge on any atom is -0.377 e. The Kier molecular flexibility index (Phi) is 6.96. The van der Waals surface area contributed by atoms with E-state index in [0.29, 0.717) is 18.2 Å². The SMILES string of the molecule is CCCN(CC(=O)Nc1ccc(F)c(F)c1F)C(=O)c1ccc(NC2CC2)c([N+](=O)[O-])c1. The van der Waals surface area contributed by atoms with Crippen LogP contribution in [-0.2, 0) is 4.79 Å². The molecule has 1 fully saturated rings. The molecular weight excluding hydrogens is 429 g/mol. The van der Waals surface area contributed by atoms with Crippen LogP contribution >= 0.6 is 0 Å². The van der Waals surface area contributed by atoms with E-state index in [2.05, 4.69) is 10.6 Å². The third-order valence-electron chi connectivity index (χ3n) is 4.80. The Morgan fingerprint density at radius 1 is 1.12 bits per heavy atom. The van der Waals surface area contributed by atoms with Crippen LogP contribution in [0.4, 0.5) is 30.2 Å². The van der Waals surface area contributed by atoms with Crippen LogP contribution in [0.5, 0.6) is 0 Å². The fraction of sp³-hybridized carbons (Fsp3) is 0.333. The van der Waals surface area contributed by atoms with Crippen molar-refractivity contribution in [3.8, 4) is 0 Å². The van der Waals surface area contributed by atoms with E-state index in [0.717, 1.165) is 29.9 Å². The average molecular weight is 450 g/mol. The van der Waals surface area contributed by atoms with Gasteiger partial charge in [0.25, 0.3) is 11.6 Å². The third-order valence-corrected chi connectivity index (χ3v) is 4.80. The van der Waals surface area contributed by atoms with Crippen molar-refractivity contribution in [1.29, 1.82) is 0 Å². The van der Waals surface area contributed by atoms with E-state index >= 15 is 0 Å². The van der Waals surface area contributed by atoms with Crippen molar-refractivity contribution in [2.24, 2.45) is 0 Å². The van der Waals surface area contributed by atoms with E-state index in [4.69, 9.17) is 0 Å². The maximum Gasteiger partial charge on any atom is 0.293 e. The molecule has 32 heavy (non-hydrogen) atoms. The topological polar surface area (TPSA) is 105 Å². The fourth-order valence-electron chi connectivity index (χ4n) is 3.08. The maximum absolute atomic E-state index is 13.8. The Labute approximate surface area is 181 Å². The molecule has 170 valence electrons. The zero-order valence-electron chi connectivity index (χ0n) is 17.2. The van der Waals surface area contributed by atoms with Crippen molar-refractivity contribution in [2.45, 2.75) is 32.2 Å². The highest BCUT2D eigenvalue weighted by molar-refractivity contribution is 6.00. The number of amides is 2. The monoisotopic (exact) mass is 450 g/mol. The van der Waals surface area contributed by atoms with Crippen molar-refractivity contribution < 1.29 is 27.7 Å². The van der Waals surface area contributed by atoms with Gasteiger partial charge in [0.2, 0.25) is 5.91 Å². The minimum absolute atomic E-state index is 0.0123. The standard InChI is InChI=1S/C21H21F3N4O4/c1-2-9-27(11-18(29)26-16-8-6-14(22)19(23)20(16)24)21(30)12-3-7-15(25-13-4-5-13)17(10-12)28(31)32/h3,6-8,10,13,25H,2,4-5,9,11H2,1H3,(H,26,29). The predicted molar refractivity (Wildman–Crippen MR) is 111 cm³/mol. The van der Waals surface area contributed by atoms with Gasteiger partial charge in [-0.15, -0.1) is 0 Å². The quantitative estimate of drug-likeness (QED) is 0.340. The first kappa shape index (κ1) is 23.0. The molecule has 0 atom stereocenters. The molecule has 0 aliphatic heterocycles. The maximum atomic E-state index is 13.8. The molecule has 0 aromatic heterocycles. The van der Waals surface area contributed by atoms with Gasteiger partial charge in [-0.25, -0.2) is 13.2 Å². The lowest BCUT2D eigenvalue weighted by atomic mass is 10.1. The fourth-order valence-corrected chi connectivity index (χ4v) is 3.08. The summed E-state index contributed by atoms with van der Waals surface area (Å²) < 4.78 is 40.2. The number of nitro groups is 1. The Hall–Kier alpha value is -3.63. The second kappa shape index (κ2) is 9.67.